The molecule has 24 heavy (non-hydrogen) atoms. The van der Waals surface area contributed by atoms with Crippen molar-refractivity contribution in [3.8, 4) is 0 Å². The minimum atomic E-state index is -0.897. The van der Waals surface area contributed by atoms with Crippen molar-refractivity contribution in [3.05, 3.63) is 29.3 Å². The zero-order chi connectivity index (χ0) is 16.3. The molecule has 1 saturated carbocycles. The Hall–Kier alpha value is -1.93. The first-order valence-corrected chi connectivity index (χ1v) is 9.57. The van der Waals surface area contributed by atoms with E-state index in [0.29, 0.717) is 23.9 Å². The maximum Gasteiger partial charge on any atom is 0.263 e. The molecule has 1 aliphatic carbocycles. The Morgan fingerprint density at radius 3 is 2.96 bits per heavy atom. The van der Waals surface area contributed by atoms with E-state index in [0.717, 1.165) is 28.4 Å². The number of anilines is 2. The third kappa shape index (κ3) is 2.02. The fourth-order valence-electron chi connectivity index (χ4n) is 3.27. The topological polar surface area (TPSA) is 75.2 Å². The van der Waals surface area contributed by atoms with Crippen molar-refractivity contribution in [1.82, 2.24) is 10.2 Å². The Kier molecular flexibility index (Phi) is 3.02. The first-order chi connectivity index (χ1) is 11.7. The van der Waals surface area contributed by atoms with Gasteiger partial charge in [-0.05, 0) is 31.4 Å². The second-order valence-electron chi connectivity index (χ2n) is 6.26. The molecule has 5 rings (SSSR count). The number of carbonyl (C=O) groups is 2. The van der Waals surface area contributed by atoms with Gasteiger partial charge in [0.05, 0.1) is 5.69 Å². The van der Waals surface area contributed by atoms with E-state index in [9.17, 15) is 9.59 Å². The Morgan fingerprint density at radius 2 is 2.12 bits per heavy atom. The molecule has 0 radical (unpaired) electrons. The number of benzene rings is 1. The van der Waals surface area contributed by atoms with E-state index in [1.807, 2.05) is 24.3 Å². The van der Waals surface area contributed by atoms with E-state index in [1.54, 1.807) is 4.90 Å². The van der Waals surface area contributed by atoms with Crippen LogP contribution in [-0.4, -0.2) is 26.9 Å². The van der Waals surface area contributed by atoms with Gasteiger partial charge in [-0.25, -0.2) is 0 Å². The Labute approximate surface area is 146 Å². The number of nitrogens with zero attached hydrogens (tertiary/aromatic N) is 3. The summed E-state index contributed by atoms with van der Waals surface area (Å²) in [7, 11) is 0. The van der Waals surface area contributed by atoms with Gasteiger partial charge >= 0.3 is 0 Å². The van der Waals surface area contributed by atoms with Crippen molar-refractivity contribution >= 4 is 45.7 Å². The molecule has 1 unspecified atom stereocenters. The van der Waals surface area contributed by atoms with Crippen molar-refractivity contribution in [3.63, 3.8) is 0 Å². The van der Waals surface area contributed by atoms with Crippen LogP contribution in [0.1, 0.15) is 36.6 Å². The number of para-hydroxylation sites is 1. The average molecular weight is 358 g/mol. The van der Waals surface area contributed by atoms with Gasteiger partial charge in [0.15, 0.2) is 4.87 Å². The van der Waals surface area contributed by atoms with Crippen LogP contribution in [0.4, 0.5) is 10.8 Å². The van der Waals surface area contributed by atoms with Gasteiger partial charge in [0.25, 0.3) is 5.91 Å². The number of fused-ring (bicyclic) bond motifs is 3. The minimum Gasteiger partial charge on any atom is -0.298 e. The maximum atomic E-state index is 13.0. The van der Waals surface area contributed by atoms with Gasteiger partial charge in [-0.2, -0.15) is 0 Å². The summed E-state index contributed by atoms with van der Waals surface area (Å²) in [6.07, 6.45) is 3.20. The first kappa shape index (κ1) is 14.4. The number of amides is 2. The lowest BCUT2D eigenvalue weighted by Crippen LogP contribution is -2.49. The quantitative estimate of drug-likeness (QED) is 0.913. The lowest BCUT2D eigenvalue weighted by Gasteiger charge is -2.29. The van der Waals surface area contributed by atoms with Gasteiger partial charge in [0.1, 0.15) is 5.01 Å². The Balaban J connectivity index is 1.46. The fourth-order valence-corrected chi connectivity index (χ4v) is 5.59. The van der Waals surface area contributed by atoms with Crippen molar-refractivity contribution in [2.75, 3.05) is 10.2 Å². The Morgan fingerprint density at radius 1 is 1.29 bits per heavy atom. The fraction of sp³-hybridized carbons (Fsp3) is 0.375. The molecular weight excluding hydrogens is 344 g/mol. The second-order valence-corrected chi connectivity index (χ2v) is 8.59. The van der Waals surface area contributed by atoms with Crippen molar-refractivity contribution in [2.45, 2.75) is 41.4 Å². The number of rotatable bonds is 3. The van der Waals surface area contributed by atoms with E-state index in [2.05, 4.69) is 15.5 Å². The van der Waals surface area contributed by atoms with Gasteiger partial charge < -0.3 is 0 Å². The number of hydrogen-bond donors (Lipinski definition) is 1. The van der Waals surface area contributed by atoms with Crippen molar-refractivity contribution in [1.29, 1.82) is 0 Å². The summed E-state index contributed by atoms with van der Waals surface area (Å²) in [5.74, 6) is 0.326. The van der Waals surface area contributed by atoms with Gasteiger partial charge in [-0.1, -0.05) is 35.2 Å². The minimum absolute atomic E-state index is 0.00136. The number of nitrogens with one attached hydrogen (secondary N) is 1. The Bertz CT molecular complexity index is 863. The van der Waals surface area contributed by atoms with E-state index in [1.165, 1.54) is 23.1 Å². The largest absolute Gasteiger partial charge is 0.298 e. The van der Waals surface area contributed by atoms with Gasteiger partial charge in [-0.3, -0.25) is 19.8 Å². The van der Waals surface area contributed by atoms with Crippen LogP contribution in [-0.2, 0) is 9.59 Å². The van der Waals surface area contributed by atoms with E-state index in [4.69, 9.17) is 0 Å². The molecule has 2 amide bonds. The molecule has 2 fully saturated rings. The predicted molar refractivity (Wildman–Crippen MR) is 92.3 cm³/mol. The maximum absolute atomic E-state index is 13.0. The van der Waals surface area contributed by atoms with Crippen LogP contribution in [0, 0.1) is 0 Å². The molecule has 2 aliphatic heterocycles. The zero-order valence-corrected chi connectivity index (χ0v) is 14.3. The van der Waals surface area contributed by atoms with Crippen LogP contribution in [0.3, 0.4) is 0 Å². The third-order valence-electron chi connectivity index (χ3n) is 4.62. The molecule has 3 heterocycles. The zero-order valence-electron chi connectivity index (χ0n) is 12.7. The average Bonchev–Trinajstić information content (AvgIpc) is 3.09. The molecule has 1 saturated heterocycles. The van der Waals surface area contributed by atoms with Crippen LogP contribution < -0.4 is 10.2 Å². The van der Waals surface area contributed by atoms with Gasteiger partial charge in [0.2, 0.25) is 11.0 Å². The monoisotopic (exact) mass is 358 g/mol. The van der Waals surface area contributed by atoms with Gasteiger partial charge in [-0.15, -0.1) is 10.2 Å². The summed E-state index contributed by atoms with van der Waals surface area (Å²) in [5, 5.41) is 12.7. The molecule has 1 aromatic carbocycles. The SMILES string of the molecule is O=C1CCC2(C(=O)Nc3nnc(C4CC4)s3)Sc3ccccc3N12. The van der Waals surface area contributed by atoms with Crippen molar-refractivity contribution in [2.24, 2.45) is 0 Å². The summed E-state index contributed by atoms with van der Waals surface area (Å²) in [6, 6.07) is 7.68. The molecular formula is C16H14N4O2S2. The molecule has 1 aromatic heterocycles. The third-order valence-corrected chi connectivity index (χ3v) is 7.09. The molecule has 3 aliphatic rings. The highest BCUT2D eigenvalue weighted by Crippen LogP contribution is 2.56. The normalized spacial score (nSPS) is 24.8. The molecule has 1 N–H and O–H groups in total. The highest BCUT2D eigenvalue weighted by atomic mass is 32.2. The van der Waals surface area contributed by atoms with Crippen LogP contribution in [0.25, 0.3) is 0 Å². The van der Waals surface area contributed by atoms with E-state index in [-0.39, 0.29) is 11.8 Å². The summed E-state index contributed by atoms with van der Waals surface area (Å²) < 4.78 is 0. The number of aromatic nitrogens is 2. The smallest absolute Gasteiger partial charge is 0.263 e. The highest BCUT2D eigenvalue weighted by molar-refractivity contribution is 8.02. The molecule has 6 nitrogen and oxygen atoms in total. The van der Waals surface area contributed by atoms with Gasteiger partial charge in [0, 0.05) is 17.2 Å². The summed E-state index contributed by atoms with van der Waals surface area (Å²) in [6.45, 7) is 0. The number of hydrogen-bond acceptors (Lipinski definition) is 6. The van der Waals surface area contributed by atoms with E-state index >= 15 is 0 Å². The van der Waals surface area contributed by atoms with Crippen LogP contribution in [0.5, 0.6) is 0 Å². The molecule has 1 atom stereocenters. The summed E-state index contributed by atoms with van der Waals surface area (Å²) in [5.41, 5.74) is 0.830. The lowest BCUT2D eigenvalue weighted by atomic mass is 10.2. The molecule has 122 valence electrons. The standard InChI is InChI=1S/C16H14N4O2S2/c21-12-7-8-16(20(12)10-3-1-2-4-11(10)24-16)14(22)17-15-19-18-13(23-15)9-5-6-9/h1-4,9H,5-8H2,(H,17,19,22). The molecule has 0 bridgehead atoms. The summed E-state index contributed by atoms with van der Waals surface area (Å²) >= 11 is 2.90. The van der Waals surface area contributed by atoms with Crippen LogP contribution in [0.2, 0.25) is 0 Å². The summed E-state index contributed by atoms with van der Waals surface area (Å²) in [4.78, 5) is 27.2. The predicted octanol–water partition coefficient (Wildman–Crippen LogP) is 2.98. The molecule has 8 heteroatoms. The second kappa shape index (κ2) is 5.03. The van der Waals surface area contributed by atoms with E-state index < -0.39 is 4.87 Å². The lowest BCUT2D eigenvalue weighted by molar-refractivity contribution is -0.121. The van der Waals surface area contributed by atoms with Crippen LogP contribution in [0.15, 0.2) is 29.2 Å². The number of thioether (sulfide) groups is 1. The first-order valence-electron chi connectivity index (χ1n) is 7.93. The van der Waals surface area contributed by atoms with Crippen molar-refractivity contribution < 1.29 is 9.59 Å². The van der Waals surface area contributed by atoms with Crippen LogP contribution >= 0.6 is 23.1 Å². The molecule has 2 aromatic rings. The highest BCUT2D eigenvalue weighted by Gasteiger charge is 2.57. The number of carbonyl (C=O) groups excluding carboxylic acids is 2. The molecule has 0 spiro atoms.